The lowest BCUT2D eigenvalue weighted by Crippen LogP contribution is -2.35. The number of methoxy groups -OCH3 is 2. The number of fused-ring (bicyclic) bond motifs is 4. The fraction of sp³-hybridized carbons (Fsp3) is 0.146. The lowest BCUT2D eigenvalue weighted by Gasteiger charge is -2.27. The topological polar surface area (TPSA) is 557 Å². The molecule has 10 heterocycles. The summed E-state index contributed by atoms with van der Waals surface area (Å²) in [4.78, 5) is 116. The molecule has 2 aliphatic rings. The highest BCUT2D eigenvalue weighted by atomic mass is 16.5. The van der Waals surface area contributed by atoms with Crippen LogP contribution in [0.1, 0.15) is 105 Å². The Kier molecular flexibility index (Phi) is 28.3. The molecule has 690 valence electrons. The van der Waals surface area contributed by atoms with E-state index in [1.807, 2.05) is 36.4 Å². The minimum Gasteiger partial charge on any atom is -0.505 e. The first kappa shape index (κ1) is 92.8. The van der Waals surface area contributed by atoms with Crippen LogP contribution in [0, 0.1) is 17.9 Å². The molecule has 8 aromatic heterocycles. The van der Waals surface area contributed by atoms with Gasteiger partial charge in [0, 0.05) is 117 Å². The average molecular weight is 1860 g/mol. The van der Waals surface area contributed by atoms with Gasteiger partial charge in [-0.05, 0) is 138 Å². The molecule has 19 rings (SSSR count). The van der Waals surface area contributed by atoms with E-state index in [-0.39, 0.29) is 138 Å². The van der Waals surface area contributed by atoms with Crippen molar-refractivity contribution in [1.29, 1.82) is 5.26 Å². The predicted octanol–water partition coefficient (Wildman–Crippen LogP) is 17.3. The summed E-state index contributed by atoms with van der Waals surface area (Å²) in [6.07, 6.45) is 22.8. The number of aromatic hydroxyl groups is 3. The predicted molar refractivity (Wildman–Crippen MR) is 503 cm³/mol. The van der Waals surface area contributed by atoms with Gasteiger partial charge in [0.1, 0.15) is 39.9 Å². The van der Waals surface area contributed by atoms with Gasteiger partial charge in [-0.15, -0.1) is 40.9 Å². The summed E-state index contributed by atoms with van der Waals surface area (Å²) < 4.78 is 20.8. The number of benzene rings is 9. The van der Waals surface area contributed by atoms with Crippen molar-refractivity contribution in [2.75, 3.05) is 45.7 Å². The third kappa shape index (κ3) is 20.3. The Balaban J connectivity index is 0.000000134. The maximum atomic E-state index is 13.2. The highest BCUT2D eigenvalue weighted by molar-refractivity contribution is 6.13. The van der Waals surface area contributed by atoms with E-state index in [1.165, 1.54) is 102 Å². The number of carbonyl (C=O) groups excluding carboxylic acids is 6. The fourth-order valence-electron chi connectivity index (χ4n) is 14.9. The number of primary amides is 1. The molecule has 2 aliphatic heterocycles. The summed E-state index contributed by atoms with van der Waals surface area (Å²) in [7, 11) is 5.86. The molecule has 43 nitrogen and oxygen atoms in total. The summed E-state index contributed by atoms with van der Waals surface area (Å²) in [6.45, 7) is 9.90. The van der Waals surface area contributed by atoms with Crippen molar-refractivity contribution >= 4 is 136 Å². The van der Waals surface area contributed by atoms with Crippen LogP contribution < -0.4 is 15.8 Å². The van der Waals surface area contributed by atoms with E-state index in [4.69, 9.17) is 26.5 Å². The van der Waals surface area contributed by atoms with Gasteiger partial charge in [0.15, 0.2) is 52.1 Å². The number of nitrogens with one attached hydrogen (secondary N) is 1. The van der Waals surface area contributed by atoms with Gasteiger partial charge in [0.05, 0.1) is 85.6 Å². The lowest BCUT2D eigenvalue weighted by molar-refractivity contribution is 0.0592. The fourth-order valence-corrected chi connectivity index (χ4v) is 14.9. The Morgan fingerprint density at radius 2 is 0.935 bits per heavy atom. The number of azo groups is 4. The van der Waals surface area contributed by atoms with E-state index in [9.17, 15) is 54.5 Å². The van der Waals surface area contributed by atoms with Crippen LogP contribution in [0.3, 0.4) is 0 Å². The van der Waals surface area contributed by atoms with Crippen LogP contribution in [0.4, 0.5) is 57.4 Å². The Bertz CT molecular complexity index is 7770. The molecule has 0 saturated carbocycles. The summed E-state index contributed by atoms with van der Waals surface area (Å²) in [5.41, 5.74) is 8.74. The van der Waals surface area contributed by atoms with Crippen molar-refractivity contribution in [2.45, 2.75) is 38.7 Å². The van der Waals surface area contributed by atoms with Gasteiger partial charge in [-0.2, -0.15) is 35.0 Å². The molecule has 139 heavy (non-hydrogen) atoms. The molecule has 0 bridgehead atoms. The number of aromatic nitrogens is 16. The number of anilines is 1. The molecule has 9 aromatic carbocycles. The van der Waals surface area contributed by atoms with Gasteiger partial charge in [-0.3, -0.25) is 19.2 Å². The number of esters is 2. The second-order valence-electron chi connectivity index (χ2n) is 30.5. The number of rotatable bonds is 21. The van der Waals surface area contributed by atoms with Gasteiger partial charge in [0.2, 0.25) is 0 Å². The van der Waals surface area contributed by atoms with Crippen molar-refractivity contribution in [3.05, 3.63) is 294 Å². The minimum atomic E-state index is -0.728. The number of phenols is 3. The monoisotopic (exact) mass is 1860 g/mol. The minimum absolute atomic E-state index is 0.00230. The van der Waals surface area contributed by atoms with E-state index in [0.717, 1.165) is 37.5 Å². The van der Waals surface area contributed by atoms with Crippen LogP contribution >= 0.6 is 0 Å². The number of nitrogens with zero attached hydrogens (tertiary/aromatic N) is 28. The van der Waals surface area contributed by atoms with Crippen LogP contribution in [0.5, 0.6) is 29.0 Å². The Labute approximate surface area is 787 Å². The van der Waals surface area contributed by atoms with Gasteiger partial charge in [-0.25, -0.2) is 63.7 Å². The zero-order valence-corrected chi connectivity index (χ0v) is 74.2. The number of hydrogen-bond acceptors (Lipinski definition) is 34. The lowest BCUT2D eigenvalue weighted by atomic mass is 10.0. The van der Waals surface area contributed by atoms with E-state index in [2.05, 4.69) is 111 Å². The van der Waals surface area contributed by atoms with E-state index in [1.54, 1.807) is 162 Å². The molecule has 2 saturated heterocycles. The number of nitriles is 1. The van der Waals surface area contributed by atoms with Gasteiger partial charge < -0.3 is 55.5 Å². The normalized spacial score (nSPS) is 12.4. The van der Waals surface area contributed by atoms with E-state index >= 15 is 0 Å². The number of phenolic OH excluding ortho intramolecular Hbond substituents is 3. The van der Waals surface area contributed by atoms with Gasteiger partial charge in [0.25, 0.3) is 41.2 Å². The largest absolute Gasteiger partial charge is 0.505 e. The Hall–Kier alpha value is -19.5. The second-order valence-corrected chi connectivity index (χ2v) is 30.5. The van der Waals surface area contributed by atoms with Crippen LogP contribution in [-0.4, -0.2) is 185 Å². The number of nitrogens with two attached hydrogens (primary N) is 1. The smallest absolute Gasteiger partial charge is 0.343 e. The van der Waals surface area contributed by atoms with E-state index in [0.29, 0.717) is 92.3 Å². The van der Waals surface area contributed by atoms with Crippen molar-refractivity contribution in [3.63, 3.8) is 0 Å². The molecule has 0 radical (unpaired) electrons. The number of likely N-dealkylation sites (tertiary alicyclic amines) is 2. The quantitative estimate of drug-likeness (QED) is 0.0221. The number of aliphatic hydroxyl groups excluding tert-OH is 1. The summed E-state index contributed by atoms with van der Waals surface area (Å²) in [5.74, 6) is -2.37. The maximum absolute atomic E-state index is 13.2. The van der Waals surface area contributed by atoms with Crippen LogP contribution in [0.15, 0.2) is 279 Å². The summed E-state index contributed by atoms with van der Waals surface area (Å²) in [5, 5.41) is 111. The highest BCUT2D eigenvalue weighted by Gasteiger charge is 2.31. The molecular formula is C96H78N30O13. The first-order valence-electron chi connectivity index (χ1n) is 42.6. The number of piperidine rings is 1. The number of ether oxygens (including phenoxy) is 3. The molecule has 43 heteroatoms. The molecule has 2 fully saturated rings. The molecule has 0 aliphatic carbocycles. The zero-order valence-electron chi connectivity index (χ0n) is 74.2. The molecular weight excluding hydrogens is 1780 g/mol. The van der Waals surface area contributed by atoms with Crippen LogP contribution in [0.2, 0.25) is 0 Å². The number of aliphatic hydroxyl groups is 1. The maximum Gasteiger partial charge on any atom is 0.343 e. The van der Waals surface area contributed by atoms with Crippen LogP contribution in [0.25, 0.3) is 71.2 Å². The molecule has 0 unspecified atom stereocenters. The second kappa shape index (κ2) is 42.4. The standard InChI is InChI=1S/C27H18N8O4.C24H20N8O3.C24H23N7O2.C21H17N7O4/c1-39-26(38)16-8-9-20-17(12-16)13-21(25(37)32-19-6-3-2-4-7-19)23(36)22(20)33-34-24-18(14-28)15-31-35(24)27-29-10-5-11-30-27;1-25-19-13-28-32(24-26-7-4-8-27-24)22(19)30-29-20-17-6-5-15(14-33)11-16(17)12-18(21(20)34)23(35)31-9-2-3-10-31;1-30-23(19(15-27-30)22-25-10-7-11-26-22)29-28-20-17-9-4-3-8-16(17)14-18(21(20)32)24(33)31-12-5-2-6-13-31;1-28-19(15(11-25-28)20(30)31-2)27-26-16-13-7-4-3-6-12(13)10-14(18(22)29)17(16)32-21-23-8-5-9-24-21/h2-13,15,36H,1H3,(H,32,37);4-8,11-13,33-34H,2-3,9-10,14H2;3-4,7-11,14-15,32H,2,5-6,12-13H2,1H3;3-11H,1-2H3,(H2,22,29). The number of para-hydroxylation sites is 1. The zero-order chi connectivity index (χ0) is 97.2. The Morgan fingerprint density at radius 3 is 1.52 bits per heavy atom. The first-order chi connectivity index (χ1) is 67.7. The van der Waals surface area contributed by atoms with Gasteiger partial charge >= 0.3 is 17.9 Å². The average Bonchev–Trinajstić information content (AvgIpc) is 1.61. The van der Waals surface area contributed by atoms with Crippen molar-refractivity contribution in [2.24, 2.45) is 60.7 Å². The number of carbonyl (C=O) groups is 6. The van der Waals surface area contributed by atoms with E-state index < -0.39 is 29.5 Å². The number of amides is 4. The molecule has 0 spiro atoms. The van der Waals surface area contributed by atoms with Crippen molar-refractivity contribution in [1.82, 2.24) is 88.8 Å². The molecule has 7 N–H and O–H groups in total. The molecule has 4 amide bonds. The van der Waals surface area contributed by atoms with Crippen molar-refractivity contribution < 1.29 is 63.4 Å². The summed E-state index contributed by atoms with van der Waals surface area (Å²) in [6, 6.07) is 48.1. The molecule has 17 aromatic rings. The highest BCUT2D eigenvalue weighted by Crippen LogP contribution is 2.47. The first-order valence-corrected chi connectivity index (χ1v) is 42.6. The SMILES string of the molecule is COC(=O)c1ccc2c(N=Nc3c(C#N)cnn3-c3ncccn3)c(O)c(C(=O)Nc3ccccc3)cc2c1.COC(=O)c1cnn(C)c1N=Nc1c(Oc2ncccn2)c(C(N)=O)cc2ccccc12.Cn1ncc(-c2ncccn2)c1N=Nc1c(O)c(C(=O)N2CCCCC2)cc2ccccc12.[C-]#[N+]c1cnn(-c2ncccn2)c1N=Nc1c(O)c(C(=O)N2CCCC2)cc2cc(CO)ccc12. The third-order valence-corrected chi connectivity index (χ3v) is 21.8. The number of aryl methyl sites for hydroxylation is 2. The van der Waals surface area contributed by atoms with Crippen LogP contribution in [-0.2, 0) is 30.2 Å². The number of hydrogen-bond donors (Lipinski definition) is 6. The van der Waals surface area contributed by atoms with Crippen molar-refractivity contribution in [3.8, 4) is 58.4 Å². The Morgan fingerprint density at radius 1 is 0.468 bits per heavy atom. The molecule has 0 atom stereocenters. The van der Waals surface area contributed by atoms with Gasteiger partial charge in [-0.1, -0.05) is 84.9 Å². The third-order valence-electron chi connectivity index (χ3n) is 21.8. The summed E-state index contributed by atoms with van der Waals surface area (Å²) >= 11 is 0.